The maximum atomic E-state index is 11.7. The van der Waals surface area contributed by atoms with E-state index in [9.17, 15) is 4.79 Å². The number of rotatable bonds is 5. The molecule has 1 heterocycles. The minimum atomic E-state index is -0.298. The Bertz CT molecular complexity index is 675. The number of aromatic nitrogens is 1. The average molecular weight is 279 g/mol. The zero-order valence-electron chi connectivity index (χ0n) is 11.2. The second-order valence-corrected chi connectivity index (χ2v) is 4.00. The predicted molar refractivity (Wildman–Crippen MR) is 80.1 cm³/mol. The molecule has 104 valence electrons. The molecule has 1 aromatic heterocycles. The molecule has 0 unspecified atom stereocenters. The Morgan fingerprint density at radius 1 is 1.38 bits per heavy atom. The third kappa shape index (κ3) is 4.48. The molecule has 5 heteroatoms. The van der Waals surface area contributed by atoms with Gasteiger partial charge in [-0.1, -0.05) is 18.1 Å². The van der Waals surface area contributed by atoms with Gasteiger partial charge in [-0.25, -0.2) is 5.43 Å². The number of hydrazone groups is 1. The summed E-state index contributed by atoms with van der Waals surface area (Å²) in [4.78, 5) is 15.6. The van der Waals surface area contributed by atoms with Crippen LogP contribution in [0.3, 0.4) is 0 Å². The Balaban J connectivity index is 1.95. The normalized spacial score (nSPS) is 10.0. The van der Waals surface area contributed by atoms with Crippen molar-refractivity contribution >= 4 is 12.1 Å². The van der Waals surface area contributed by atoms with Gasteiger partial charge < -0.3 is 4.74 Å². The van der Waals surface area contributed by atoms with Crippen LogP contribution in [-0.4, -0.2) is 23.7 Å². The summed E-state index contributed by atoms with van der Waals surface area (Å²) in [5.74, 6) is 2.75. The number of hydrogen-bond donors (Lipinski definition) is 1. The monoisotopic (exact) mass is 279 g/mol. The smallest absolute Gasteiger partial charge is 0.271 e. The van der Waals surface area contributed by atoms with E-state index in [0.29, 0.717) is 11.3 Å². The molecule has 1 aromatic carbocycles. The standard InChI is InChI=1S/C16H13N3O2/c1-2-10-21-15-5-3-4-13(11-15)12-18-19-16(20)14-6-8-17-9-7-14/h1,3-9,11-12H,10H2,(H,19,20)/b18-12+. The van der Waals surface area contributed by atoms with Gasteiger partial charge in [-0.05, 0) is 29.8 Å². The van der Waals surface area contributed by atoms with E-state index in [1.54, 1.807) is 36.7 Å². The molecule has 0 atom stereocenters. The lowest BCUT2D eigenvalue weighted by molar-refractivity contribution is 0.0955. The Hall–Kier alpha value is -3.13. The zero-order chi connectivity index (χ0) is 14.9. The molecule has 0 bridgehead atoms. The highest BCUT2D eigenvalue weighted by Crippen LogP contribution is 2.11. The molecule has 0 saturated heterocycles. The molecular formula is C16H13N3O2. The molecular weight excluding hydrogens is 266 g/mol. The molecule has 1 amide bonds. The zero-order valence-corrected chi connectivity index (χ0v) is 11.2. The number of terminal acetylenes is 1. The first-order valence-corrected chi connectivity index (χ1v) is 6.19. The van der Waals surface area contributed by atoms with Gasteiger partial charge in [0, 0.05) is 18.0 Å². The highest BCUT2D eigenvalue weighted by atomic mass is 16.5. The number of ether oxygens (including phenoxy) is 1. The summed E-state index contributed by atoms with van der Waals surface area (Å²) in [6.45, 7) is 0.208. The minimum absolute atomic E-state index is 0.208. The molecule has 21 heavy (non-hydrogen) atoms. The van der Waals surface area contributed by atoms with E-state index >= 15 is 0 Å². The summed E-state index contributed by atoms with van der Waals surface area (Å²) in [5, 5.41) is 3.90. The van der Waals surface area contributed by atoms with Crippen molar-refractivity contribution < 1.29 is 9.53 Å². The van der Waals surface area contributed by atoms with Crippen LogP contribution in [0.5, 0.6) is 5.75 Å². The van der Waals surface area contributed by atoms with Gasteiger partial charge in [-0.3, -0.25) is 9.78 Å². The summed E-state index contributed by atoms with van der Waals surface area (Å²) in [5.41, 5.74) is 3.72. The summed E-state index contributed by atoms with van der Waals surface area (Å²) in [7, 11) is 0. The largest absolute Gasteiger partial charge is 0.481 e. The Morgan fingerprint density at radius 3 is 2.95 bits per heavy atom. The van der Waals surface area contributed by atoms with Crippen LogP contribution in [0.25, 0.3) is 0 Å². The van der Waals surface area contributed by atoms with Gasteiger partial charge in [0.15, 0.2) is 0 Å². The lowest BCUT2D eigenvalue weighted by Gasteiger charge is -2.02. The van der Waals surface area contributed by atoms with E-state index in [1.807, 2.05) is 12.1 Å². The van der Waals surface area contributed by atoms with Crippen molar-refractivity contribution in [3.8, 4) is 18.1 Å². The van der Waals surface area contributed by atoms with Crippen LogP contribution in [0.1, 0.15) is 15.9 Å². The number of benzene rings is 1. The van der Waals surface area contributed by atoms with Crippen molar-refractivity contribution in [2.75, 3.05) is 6.61 Å². The molecule has 2 aromatic rings. The second kappa shape index (κ2) is 7.46. The first kappa shape index (κ1) is 14.3. The van der Waals surface area contributed by atoms with E-state index in [4.69, 9.17) is 11.2 Å². The number of hydrogen-bond acceptors (Lipinski definition) is 4. The summed E-state index contributed by atoms with van der Waals surface area (Å²) < 4.78 is 5.30. The van der Waals surface area contributed by atoms with Crippen molar-refractivity contribution in [3.05, 3.63) is 59.9 Å². The van der Waals surface area contributed by atoms with Crippen LogP contribution >= 0.6 is 0 Å². The average Bonchev–Trinajstić information content (AvgIpc) is 2.54. The van der Waals surface area contributed by atoms with Gasteiger partial charge in [-0.15, -0.1) is 6.42 Å². The van der Waals surface area contributed by atoms with Crippen molar-refractivity contribution in [2.45, 2.75) is 0 Å². The highest BCUT2D eigenvalue weighted by molar-refractivity contribution is 5.94. The van der Waals surface area contributed by atoms with Gasteiger partial charge in [0.05, 0.1) is 6.21 Å². The van der Waals surface area contributed by atoms with Crippen molar-refractivity contribution in [1.29, 1.82) is 0 Å². The van der Waals surface area contributed by atoms with E-state index in [2.05, 4.69) is 21.4 Å². The Morgan fingerprint density at radius 2 is 2.19 bits per heavy atom. The molecule has 0 fully saturated rings. The molecule has 0 aliphatic rings. The third-order valence-corrected chi connectivity index (χ3v) is 2.50. The van der Waals surface area contributed by atoms with Crippen molar-refractivity contribution in [3.63, 3.8) is 0 Å². The van der Waals surface area contributed by atoms with Crippen LogP contribution in [0.4, 0.5) is 0 Å². The van der Waals surface area contributed by atoms with Gasteiger partial charge in [0.25, 0.3) is 5.91 Å². The van der Waals surface area contributed by atoms with Gasteiger partial charge in [-0.2, -0.15) is 5.10 Å². The number of carbonyl (C=O) groups excluding carboxylic acids is 1. The van der Waals surface area contributed by atoms with Gasteiger partial charge in [0.1, 0.15) is 12.4 Å². The number of amides is 1. The molecule has 0 radical (unpaired) electrons. The fourth-order valence-electron chi connectivity index (χ4n) is 1.54. The van der Waals surface area contributed by atoms with Crippen LogP contribution < -0.4 is 10.2 Å². The van der Waals surface area contributed by atoms with Crippen LogP contribution in [0.2, 0.25) is 0 Å². The summed E-state index contributed by atoms with van der Waals surface area (Å²) >= 11 is 0. The predicted octanol–water partition coefficient (Wildman–Crippen LogP) is 1.86. The first-order chi connectivity index (χ1) is 10.3. The number of carbonyl (C=O) groups is 1. The van der Waals surface area contributed by atoms with E-state index in [0.717, 1.165) is 5.56 Å². The van der Waals surface area contributed by atoms with Crippen LogP contribution in [0.15, 0.2) is 53.9 Å². The molecule has 0 aliphatic heterocycles. The maximum absolute atomic E-state index is 11.7. The highest BCUT2D eigenvalue weighted by Gasteiger charge is 2.02. The van der Waals surface area contributed by atoms with Crippen molar-refractivity contribution in [1.82, 2.24) is 10.4 Å². The Labute approximate surface area is 122 Å². The molecule has 5 nitrogen and oxygen atoms in total. The van der Waals surface area contributed by atoms with Crippen molar-refractivity contribution in [2.24, 2.45) is 5.10 Å². The first-order valence-electron chi connectivity index (χ1n) is 6.19. The summed E-state index contributed by atoms with van der Waals surface area (Å²) in [6.07, 6.45) is 9.75. The van der Waals surface area contributed by atoms with Gasteiger partial charge in [0.2, 0.25) is 0 Å². The van der Waals surface area contributed by atoms with Crippen LogP contribution in [0, 0.1) is 12.3 Å². The SMILES string of the molecule is C#CCOc1cccc(/C=N/NC(=O)c2ccncc2)c1. The second-order valence-electron chi connectivity index (χ2n) is 4.00. The minimum Gasteiger partial charge on any atom is -0.481 e. The molecule has 0 spiro atoms. The van der Waals surface area contributed by atoms with E-state index in [1.165, 1.54) is 6.21 Å². The maximum Gasteiger partial charge on any atom is 0.271 e. The number of pyridine rings is 1. The number of nitrogens with zero attached hydrogens (tertiary/aromatic N) is 2. The Kier molecular flexibility index (Phi) is 5.07. The lowest BCUT2D eigenvalue weighted by atomic mass is 10.2. The van der Waals surface area contributed by atoms with E-state index < -0.39 is 0 Å². The van der Waals surface area contributed by atoms with E-state index in [-0.39, 0.29) is 12.5 Å². The molecule has 1 N–H and O–H groups in total. The van der Waals surface area contributed by atoms with Crippen LogP contribution in [-0.2, 0) is 0 Å². The fourth-order valence-corrected chi connectivity index (χ4v) is 1.54. The topological polar surface area (TPSA) is 63.6 Å². The lowest BCUT2D eigenvalue weighted by Crippen LogP contribution is -2.17. The van der Waals surface area contributed by atoms with Gasteiger partial charge >= 0.3 is 0 Å². The quantitative estimate of drug-likeness (QED) is 0.516. The molecule has 0 aliphatic carbocycles. The molecule has 0 saturated carbocycles. The number of nitrogens with one attached hydrogen (secondary N) is 1. The summed E-state index contributed by atoms with van der Waals surface area (Å²) in [6, 6.07) is 10.4. The fraction of sp³-hybridized carbons (Fsp3) is 0.0625. The molecule has 2 rings (SSSR count). The third-order valence-electron chi connectivity index (χ3n) is 2.50.